The number of aromatic nitrogens is 1. The van der Waals surface area contributed by atoms with Crippen LogP contribution in [0.4, 0.5) is 0 Å². The molecular formula is C18H16ClNO3S. The van der Waals surface area contributed by atoms with Crippen LogP contribution in [0.25, 0.3) is 22.4 Å². The second kappa shape index (κ2) is 7.11. The largest absolute Gasteiger partial charge is 0.497 e. The van der Waals surface area contributed by atoms with Crippen LogP contribution in [0.5, 0.6) is 17.2 Å². The van der Waals surface area contributed by atoms with Gasteiger partial charge in [0.25, 0.3) is 0 Å². The molecule has 0 aliphatic heterocycles. The van der Waals surface area contributed by atoms with Crippen molar-refractivity contribution in [2.24, 2.45) is 0 Å². The van der Waals surface area contributed by atoms with E-state index in [0.29, 0.717) is 16.5 Å². The minimum atomic E-state index is 0.505. The second-order valence-corrected chi connectivity index (χ2v) is 6.43. The summed E-state index contributed by atoms with van der Waals surface area (Å²) >= 11 is 7.83. The first-order valence-corrected chi connectivity index (χ1v) is 8.38. The molecule has 0 spiro atoms. The third kappa shape index (κ3) is 3.32. The normalized spacial score (nSPS) is 11.2. The summed E-state index contributed by atoms with van der Waals surface area (Å²) in [6.07, 6.45) is 3.90. The Balaban J connectivity index is 1.91. The van der Waals surface area contributed by atoms with Crippen molar-refractivity contribution in [1.82, 2.24) is 4.98 Å². The predicted molar refractivity (Wildman–Crippen MR) is 99.7 cm³/mol. The quantitative estimate of drug-likeness (QED) is 0.630. The summed E-state index contributed by atoms with van der Waals surface area (Å²) in [5.41, 5.74) is 1.86. The van der Waals surface area contributed by atoms with Gasteiger partial charge in [-0.25, -0.2) is 4.98 Å². The number of methoxy groups -OCH3 is 3. The number of rotatable bonds is 5. The maximum absolute atomic E-state index is 6.23. The highest BCUT2D eigenvalue weighted by atomic mass is 35.5. The van der Waals surface area contributed by atoms with Crippen LogP contribution in [0.2, 0.25) is 5.02 Å². The molecule has 0 radical (unpaired) electrons. The summed E-state index contributed by atoms with van der Waals surface area (Å²) in [7, 11) is 4.81. The molecule has 0 bridgehead atoms. The summed E-state index contributed by atoms with van der Waals surface area (Å²) in [6.45, 7) is 0. The van der Waals surface area contributed by atoms with Crippen molar-refractivity contribution >= 4 is 45.3 Å². The molecule has 24 heavy (non-hydrogen) atoms. The van der Waals surface area contributed by atoms with Crippen LogP contribution in [-0.2, 0) is 0 Å². The molecule has 6 heteroatoms. The molecule has 0 amide bonds. The highest BCUT2D eigenvalue weighted by Crippen LogP contribution is 2.36. The number of ether oxygens (including phenoxy) is 3. The summed E-state index contributed by atoms with van der Waals surface area (Å²) in [4.78, 5) is 4.59. The summed E-state index contributed by atoms with van der Waals surface area (Å²) < 4.78 is 16.9. The van der Waals surface area contributed by atoms with E-state index >= 15 is 0 Å². The van der Waals surface area contributed by atoms with Gasteiger partial charge in [0.15, 0.2) is 11.5 Å². The number of halogens is 1. The average Bonchev–Trinajstić information content (AvgIpc) is 3.01. The molecular weight excluding hydrogens is 346 g/mol. The van der Waals surface area contributed by atoms with Gasteiger partial charge in [0.1, 0.15) is 10.8 Å². The van der Waals surface area contributed by atoms with Gasteiger partial charge in [-0.15, -0.1) is 11.3 Å². The van der Waals surface area contributed by atoms with Crippen molar-refractivity contribution in [3.05, 3.63) is 45.9 Å². The number of hydrogen-bond acceptors (Lipinski definition) is 5. The third-order valence-corrected chi connectivity index (χ3v) is 4.75. The zero-order chi connectivity index (χ0) is 17.1. The number of hydrogen-bond donors (Lipinski definition) is 0. The molecule has 0 N–H and O–H groups in total. The Morgan fingerprint density at radius 2 is 1.83 bits per heavy atom. The lowest BCUT2D eigenvalue weighted by Crippen LogP contribution is -1.92. The zero-order valence-electron chi connectivity index (χ0n) is 13.5. The lowest BCUT2D eigenvalue weighted by Gasteiger charge is -2.10. The lowest BCUT2D eigenvalue weighted by atomic mass is 10.2. The van der Waals surface area contributed by atoms with E-state index in [0.717, 1.165) is 26.5 Å². The Morgan fingerprint density at radius 3 is 2.54 bits per heavy atom. The molecule has 1 heterocycles. The Bertz CT molecular complexity index is 905. The molecule has 0 saturated heterocycles. The van der Waals surface area contributed by atoms with Crippen molar-refractivity contribution in [3.8, 4) is 17.2 Å². The van der Waals surface area contributed by atoms with Gasteiger partial charge in [-0.1, -0.05) is 17.7 Å². The smallest absolute Gasteiger partial charge is 0.179 e. The van der Waals surface area contributed by atoms with Crippen molar-refractivity contribution in [2.75, 3.05) is 21.3 Å². The maximum atomic E-state index is 6.23. The maximum Gasteiger partial charge on any atom is 0.179 e. The molecule has 3 rings (SSSR count). The first-order chi connectivity index (χ1) is 11.6. The molecule has 124 valence electrons. The molecule has 0 fully saturated rings. The van der Waals surface area contributed by atoms with E-state index in [9.17, 15) is 0 Å². The fraction of sp³-hybridized carbons (Fsp3) is 0.167. The van der Waals surface area contributed by atoms with Crippen molar-refractivity contribution in [3.63, 3.8) is 0 Å². The molecule has 0 aliphatic rings. The fourth-order valence-corrected chi connectivity index (χ4v) is 3.52. The molecule has 0 unspecified atom stereocenters. The first kappa shape index (κ1) is 16.6. The van der Waals surface area contributed by atoms with Crippen LogP contribution >= 0.6 is 22.9 Å². The molecule has 2 aromatic carbocycles. The van der Waals surface area contributed by atoms with Crippen molar-refractivity contribution < 1.29 is 14.2 Å². The monoisotopic (exact) mass is 361 g/mol. The van der Waals surface area contributed by atoms with Crippen molar-refractivity contribution in [1.29, 1.82) is 0 Å². The van der Waals surface area contributed by atoms with Crippen LogP contribution in [0, 0.1) is 0 Å². The lowest BCUT2D eigenvalue weighted by molar-refractivity contribution is 0.355. The summed E-state index contributed by atoms with van der Waals surface area (Å²) in [6, 6.07) is 9.55. The topological polar surface area (TPSA) is 40.6 Å². The number of fused-ring (bicyclic) bond motifs is 1. The molecule has 1 aromatic heterocycles. The third-order valence-electron chi connectivity index (χ3n) is 3.49. The summed E-state index contributed by atoms with van der Waals surface area (Å²) in [5, 5.41) is 1.41. The Morgan fingerprint density at radius 1 is 1.00 bits per heavy atom. The van der Waals surface area contributed by atoms with Crippen LogP contribution in [-0.4, -0.2) is 26.3 Å². The predicted octanol–water partition coefficient (Wildman–Crippen LogP) is 5.15. The number of nitrogens with zero attached hydrogens (tertiary/aromatic N) is 1. The molecule has 4 nitrogen and oxygen atoms in total. The summed E-state index contributed by atoms with van der Waals surface area (Å²) in [5.74, 6) is 1.95. The van der Waals surface area contributed by atoms with E-state index in [1.165, 1.54) is 0 Å². The highest BCUT2D eigenvalue weighted by Gasteiger charge is 2.10. The van der Waals surface area contributed by atoms with Crippen molar-refractivity contribution in [2.45, 2.75) is 0 Å². The van der Waals surface area contributed by atoms with E-state index in [1.54, 1.807) is 32.7 Å². The van der Waals surface area contributed by atoms with Crippen LogP contribution in [0.3, 0.4) is 0 Å². The minimum Gasteiger partial charge on any atom is -0.497 e. The molecule has 3 aromatic rings. The minimum absolute atomic E-state index is 0.505. The van der Waals surface area contributed by atoms with Gasteiger partial charge in [-0.2, -0.15) is 0 Å². The van der Waals surface area contributed by atoms with Gasteiger partial charge in [0.05, 0.1) is 36.6 Å². The Labute approximate surface area is 149 Å². The van der Waals surface area contributed by atoms with Gasteiger partial charge < -0.3 is 14.2 Å². The molecule has 0 atom stereocenters. The van der Waals surface area contributed by atoms with Gasteiger partial charge in [0.2, 0.25) is 0 Å². The first-order valence-electron chi connectivity index (χ1n) is 7.18. The van der Waals surface area contributed by atoms with Gasteiger partial charge in [-0.05, 0) is 42.0 Å². The molecule has 0 saturated carbocycles. The standard InChI is InChI=1S/C18H16ClNO3S/c1-21-12-5-6-14-16(10-12)24-17(20-14)7-4-11-8-13(19)18(23-3)15(9-11)22-2/h4-10H,1-3H3/b7-4+. The van der Waals surface area contributed by atoms with Crippen LogP contribution < -0.4 is 14.2 Å². The molecule has 0 aliphatic carbocycles. The SMILES string of the molecule is COc1ccc2nc(/C=C/c3cc(Cl)c(OC)c(OC)c3)sc2c1. The van der Waals surface area contributed by atoms with Crippen LogP contribution in [0.1, 0.15) is 10.6 Å². The van der Waals surface area contributed by atoms with Gasteiger partial charge in [0, 0.05) is 0 Å². The number of thiazole rings is 1. The van der Waals surface area contributed by atoms with Crippen LogP contribution in [0.15, 0.2) is 30.3 Å². The van der Waals surface area contributed by atoms with E-state index in [1.807, 2.05) is 42.5 Å². The highest BCUT2D eigenvalue weighted by molar-refractivity contribution is 7.19. The van der Waals surface area contributed by atoms with E-state index in [4.69, 9.17) is 25.8 Å². The zero-order valence-corrected chi connectivity index (χ0v) is 15.1. The van der Waals surface area contributed by atoms with Gasteiger partial charge >= 0.3 is 0 Å². The van der Waals surface area contributed by atoms with E-state index in [2.05, 4.69) is 4.98 Å². The fourth-order valence-electron chi connectivity index (χ4n) is 2.32. The van der Waals surface area contributed by atoms with Gasteiger partial charge in [-0.3, -0.25) is 0 Å². The Kier molecular flexibility index (Phi) is 4.92. The number of benzene rings is 2. The van der Waals surface area contributed by atoms with E-state index in [-0.39, 0.29) is 0 Å². The Hall–Kier alpha value is -2.24. The van der Waals surface area contributed by atoms with E-state index < -0.39 is 0 Å². The average molecular weight is 362 g/mol. The second-order valence-electron chi connectivity index (χ2n) is 4.96.